The summed E-state index contributed by atoms with van der Waals surface area (Å²) in [6.45, 7) is 7.70. The fourth-order valence-corrected chi connectivity index (χ4v) is 5.29. The molecule has 0 spiro atoms. The predicted molar refractivity (Wildman–Crippen MR) is 93.1 cm³/mol. The second-order valence-corrected chi connectivity index (χ2v) is 8.26. The van der Waals surface area contributed by atoms with Gasteiger partial charge in [0.15, 0.2) is 0 Å². The van der Waals surface area contributed by atoms with Crippen LogP contribution in [0.25, 0.3) is 0 Å². The lowest BCUT2D eigenvalue weighted by molar-refractivity contribution is 0.550. The highest BCUT2D eigenvalue weighted by Gasteiger charge is 2.47. The highest BCUT2D eigenvalue weighted by Crippen LogP contribution is 2.46. The third-order valence-electron chi connectivity index (χ3n) is 4.97. The maximum atomic E-state index is 13.1. The molecule has 0 unspecified atom stereocenters. The normalized spacial score (nSPS) is 16.3. The van der Waals surface area contributed by atoms with Gasteiger partial charge < -0.3 is 0 Å². The van der Waals surface area contributed by atoms with Gasteiger partial charge in [0.2, 0.25) is 10.0 Å². The predicted octanol–water partition coefficient (Wildman–Crippen LogP) is 3.89. The molecule has 23 heavy (non-hydrogen) atoms. The lowest BCUT2D eigenvalue weighted by Crippen LogP contribution is -2.35. The van der Waals surface area contributed by atoms with E-state index in [1.165, 1.54) is 0 Å². The molecule has 1 aliphatic rings. The molecular weight excluding hydrogens is 306 g/mol. The number of benzene rings is 2. The molecule has 2 aromatic rings. The Bertz CT molecular complexity index is 824. The van der Waals surface area contributed by atoms with Crippen molar-refractivity contribution in [3.8, 4) is 0 Å². The van der Waals surface area contributed by atoms with Gasteiger partial charge in [0, 0.05) is 0 Å². The summed E-state index contributed by atoms with van der Waals surface area (Å²) in [6, 6.07) is 11.9. The van der Waals surface area contributed by atoms with E-state index in [9.17, 15) is 8.42 Å². The van der Waals surface area contributed by atoms with Crippen LogP contribution >= 0.6 is 0 Å². The van der Waals surface area contributed by atoms with Gasteiger partial charge in [0.25, 0.3) is 0 Å². The molecule has 0 aromatic heterocycles. The number of nitrogens with one attached hydrogen (secondary N) is 1. The first-order valence-electron chi connectivity index (χ1n) is 7.94. The summed E-state index contributed by atoms with van der Waals surface area (Å²) < 4.78 is 29.2. The van der Waals surface area contributed by atoms with E-state index in [2.05, 4.69) is 4.72 Å². The summed E-state index contributed by atoms with van der Waals surface area (Å²) >= 11 is 0. The summed E-state index contributed by atoms with van der Waals surface area (Å²) in [5.74, 6) is 0. The van der Waals surface area contributed by atoms with Gasteiger partial charge in [-0.25, -0.2) is 13.1 Å². The van der Waals surface area contributed by atoms with Crippen molar-refractivity contribution in [1.82, 2.24) is 4.72 Å². The smallest absolute Gasteiger partial charge is 0.207 e. The average molecular weight is 329 g/mol. The molecule has 0 atom stereocenters. The van der Waals surface area contributed by atoms with E-state index < -0.39 is 15.6 Å². The molecule has 122 valence electrons. The molecule has 4 heteroatoms. The van der Waals surface area contributed by atoms with Crippen molar-refractivity contribution in [3.05, 3.63) is 64.2 Å². The van der Waals surface area contributed by atoms with Gasteiger partial charge in [-0.3, -0.25) is 0 Å². The molecule has 2 aromatic carbocycles. The van der Waals surface area contributed by atoms with Gasteiger partial charge >= 0.3 is 0 Å². The van der Waals surface area contributed by atoms with Crippen LogP contribution in [0.15, 0.2) is 41.3 Å². The standard InChI is InChI=1S/C19H23NO2S/c1-13-12-14(2)16(4)18(15(13)3)23(21,22)20-19(10-11-19)17-8-6-5-7-9-17/h5-9,12,20H,10-11H2,1-4H3. The third-order valence-corrected chi connectivity index (χ3v) is 6.78. The van der Waals surface area contributed by atoms with Gasteiger partial charge in [0.05, 0.1) is 10.4 Å². The van der Waals surface area contributed by atoms with E-state index in [0.717, 1.165) is 40.7 Å². The first kappa shape index (κ1) is 16.2. The zero-order chi connectivity index (χ0) is 16.8. The summed E-state index contributed by atoms with van der Waals surface area (Å²) in [7, 11) is -3.56. The van der Waals surface area contributed by atoms with Crippen LogP contribution in [0.4, 0.5) is 0 Å². The Labute approximate surface area is 138 Å². The maximum absolute atomic E-state index is 13.1. The molecule has 1 saturated carbocycles. The Kier molecular flexibility index (Phi) is 3.85. The SMILES string of the molecule is Cc1cc(C)c(C)c(S(=O)(=O)NC2(c3ccccc3)CC2)c1C. The fourth-order valence-electron chi connectivity index (χ4n) is 3.22. The van der Waals surface area contributed by atoms with Crippen molar-refractivity contribution < 1.29 is 8.42 Å². The summed E-state index contributed by atoms with van der Waals surface area (Å²) in [5.41, 5.74) is 4.31. The van der Waals surface area contributed by atoms with E-state index >= 15 is 0 Å². The Morgan fingerprint density at radius 3 is 1.91 bits per heavy atom. The number of hydrogen-bond donors (Lipinski definition) is 1. The Morgan fingerprint density at radius 2 is 1.43 bits per heavy atom. The Hall–Kier alpha value is -1.65. The van der Waals surface area contributed by atoms with Gasteiger partial charge in [-0.05, 0) is 68.4 Å². The van der Waals surface area contributed by atoms with E-state index in [4.69, 9.17) is 0 Å². The van der Waals surface area contributed by atoms with Crippen LogP contribution in [-0.4, -0.2) is 8.42 Å². The first-order valence-corrected chi connectivity index (χ1v) is 9.42. The molecule has 1 fully saturated rings. The van der Waals surface area contributed by atoms with Gasteiger partial charge in [0.1, 0.15) is 0 Å². The molecule has 1 aliphatic carbocycles. The fraction of sp³-hybridized carbons (Fsp3) is 0.368. The van der Waals surface area contributed by atoms with Gasteiger partial charge in [-0.15, -0.1) is 0 Å². The highest BCUT2D eigenvalue weighted by atomic mass is 32.2. The van der Waals surface area contributed by atoms with E-state index in [1.807, 2.05) is 64.1 Å². The highest BCUT2D eigenvalue weighted by molar-refractivity contribution is 7.89. The Morgan fingerprint density at radius 1 is 0.913 bits per heavy atom. The summed E-state index contributed by atoms with van der Waals surface area (Å²) in [4.78, 5) is 0.442. The summed E-state index contributed by atoms with van der Waals surface area (Å²) in [5, 5.41) is 0. The van der Waals surface area contributed by atoms with Gasteiger partial charge in [-0.1, -0.05) is 36.4 Å². The lowest BCUT2D eigenvalue weighted by Gasteiger charge is -2.21. The minimum absolute atomic E-state index is 0.434. The monoisotopic (exact) mass is 329 g/mol. The number of aryl methyl sites for hydroxylation is 2. The number of sulfonamides is 1. The van der Waals surface area contributed by atoms with Crippen molar-refractivity contribution >= 4 is 10.0 Å². The lowest BCUT2D eigenvalue weighted by atomic mass is 10.0. The molecular formula is C19H23NO2S. The first-order chi connectivity index (χ1) is 10.8. The van der Waals surface area contributed by atoms with E-state index in [1.54, 1.807) is 0 Å². The van der Waals surface area contributed by atoms with Crippen LogP contribution < -0.4 is 4.72 Å². The molecule has 0 heterocycles. The Balaban J connectivity index is 2.05. The molecule has 0 aliphatic heterocycles. The molecule has 0 radical (unpaired) electrons. The summed E-state index contributed by atoms with van der Waals surface area (Å²) in [6.07, 6.45) is 1.69. The number of rotatable bonds is 4. The van der Waals surface area contributed by atoms with Crippen molar-refractivity contribution in [3.63, 3.8) is 0 Å². The van der Waals surface area contributed by atoms with Crippen molar-refractivity contribution in [2.24, 2.45) is 0 Å². The maximum Gasteiger partial charge on any atom is 0.241 e. The topological polar surface area (TPSA) is 46.2 Å². The van der Waals surface area contributed by atoms with Crippen molar-refractivity contribution in [2.45, 2.75) is 51.0 Å². The van der Waals surface area contributed by atoms with Crippen LogP contribution in [0.2, 0.25) is 0 Å². The molecule has 0 bridgehead atoms. The number of hydrogen-bond acceptors (Lipinski definition) is 2. The minimum atomic E-state index is -3.56. The molecule has 1 N–H and O–H groups in total. The van der Waals surface area contributed by atoms with Crippen LogP contribution in [-0.2, 0) is 15.6 Å². The quantitative estimate of drug-likeness (QED) is 0.925. The van der Waals surface area contributed by atoms with Crippen molar-refractivity contribution in [1.29, 1.82) is 0 Å². The molecule has 3 rings (SSSR count). The third kappa shape index (κ3) is 2.81. The second-order valence-electron chi connectivity index (χ2n) is 6.64. The zero-order valence-electron chi connectivity index (χ0n) is 14.1. The van der Waals surface area contributed by atoms with Crippen molar-refractivity contribution in [2.75, 3.05) is 0 Å². The second kappa shape index (κ2) is 5.46. The van der Waals surface area contributed by atoms with Crippen LogP contribution in [0, 0.1) is 27.7 Å². The van der Waals surface area contributed by atoms with E-state index in [0.29, 0.717) is 4.90 Å². The molecule has 3 nitrogen and oxygen atoms in total. The zero-order valence-corrected chi connectivity index (χ0v) is 14.9. The molecule has 0 amide bonds. The van der Waals surface area contributed by atoms with Crippen LogP contribution in [0.1, 0.15) is 40.7 Å². The van der Waals surface area contributed by atoms with Crippen LogP contribution in [0.3, 0.4) is 0 Å². The minimum Gasteiger partial charge on any atom is -0.207 e. The average Bonchev–Trinajstić information content (AvgIpc) is 3.26. The largest absolute Gasteiger partial charge is 0.241 e. The van der Waals surface area contributed by atoms with Crippen LogP contribution in [0.5, 0.6) is 0 Å². The van der Waals surface area contributed by atoms with E-state index in [-0.39, 0.29) is 0 Å². The van der Waals surface area contributed by atoms with Gasteiger partial charge in [-0.2, -0.15) is 0 Å². The molecule has 0 saturated heterocycles.